The Labute approximate surface area is 175 Å². The predicted octanol–water partition coefficient (Wildman–Crippen LogP) is 3.57. The number of carbonyl (C=O) groups is 1. The molecular formula is C24H26N4O2. The minimum Gasteiger partial charge on any atom is -0.399 e. The van der Waals surface area contributed by atoms with Gasteiger partial charge in [-0.15, -0.1) is 0 Å². The highest BCUT2D eigenvalue weighted by atomic mass is 16.3. The van der Waals surface area contributed by atoms with E-state index in [1.165, 1.54) is 0 Å². The Hall–Kier alpha value is -3.38. The summed E-state index contributed by atoms with van der Waals surface area (Å²) in [5.74, 6) is -0.181. The number of hydrogen-bond donors (Lipinski definition) is 3. The van der Waals surface area contributed by atoms with Crippen LogP contribution in [-0.4, -0.2) is 33.7 Å². The normalized spacial score (nSPS) is 11.8. The SMILES string of the molecule is CC(C)(CO)CNC(=O)c1cc2cc(N)ccc2n1Cc1cccc2cccnc12. The minimum atomic E-state index is -0.392. The monoisotopic (exact) mass is 402 g/mol. The van der Waals surface area contributed by atoms with Gasteiger partial charge in [-0.25, -0.2) is 0 Å². The number of pyridine rings is 1. The summed E-state index contributed by atoms with van der Waals surface area (Å²) < 4.78 is 2.00. The van der Waals surface area contributed by atoms with E-state index in [1.54, 1.807) is 6.20 Å². The maximum absolute atomic E-state index is 13.1. The highest BCUT2D eigenvalue weighted by Gasteiger charge is 2.21. The summed E-state index contributed by atoms with van der Waals surface area (Å²) in [6.45, 7) is 4.70. The molecule has 1 amide bonds. The summed E-state index contributed by atoms with van der Waals surface area (Å²) in [4.78, 5) is 17.6. The van der Waals surface area contributed by atoms with Crippen LogP contribution in [0.25, 0.3) is 21.8 Å². The smallest absolute Gasteiger partial charge is 0.267 e. The maximum Gasteiger partial charge on any atom is 0.267 e. The molecule has 0 atom stereocenters. The molecule has 0 radical (unpaired) electrons. The van der Waals surface area contributed by atoms with Crippen molar-refractivity contribution in [2.24, 2.45) is 5.41 Å². The van der Waals surface area contributed by atoms with Crippen molar-refractivity contribution in [3.05, 3.63) is 72.1 Å². The number of benzene rings is 2. The Morgan fingerprint density at radius 2 is 1.93 bits per heavy atom. The van der Waals surface area contributed by atoms with Gasteiger partial charge < -0.3 is 20.7 Å². The number of aliphatic hydroxyl groups is 1. The average molecular weight is 402 g/mol. The van der Waals surface area contributed by atoms with Crippen molar-refractivity contribution >= 4 is 33.4 Å². The fraction of sp³-hybridized carbons (Fsp3) is 0.250. The average Bonchev–Trinajstić information content (AvgIpc) is 3.10. The highest BCUT2D eigenvalue weighted by Crippen LogP contribution is 2.26. The number of nitrogens with zero attached hydrogens (tertiary/aromatic N) is 2. The van der Waals surface area contributed by atoms with Gasteiger partial charge in [0.05, 0.1) is 12.1 Å². The number of nitrogens with one attached hydrogen (secondary N) is 1. The van der Waals surface area contributed by atoms with Crippen LogP contribution in [0.3, 0.4) is 0 Å². The molecule has 0 aliphatic heterocycles. The third-order valence-corrected chi connectivity index (χ3v) is 5.36. The number of rotatable bonds is 6. The van der Waals surface area contributed by atoms with Crippen LogP contribution in [0.1, 0.15) is 29.9 Å². The van der Waals surface area contributed by atoms with E-state index in [4.69, 9.17) is 5.73 Å². The molecule has 0 unspecified atom stereocenters. The molecule has 0 bridgehead atoms. The maximum atomic E-state index is 13.1. The van der Waals surface area contributed by atoms with Crippen molar-refractivity contribution < 1.29 is 9.90 Å². The van der Waals surface area contributed by atoms with Gasteiger partial charge >= 0.3 is 0 Å². The number of para-hydroxylation sites is 1. The number of aromatic nitrogens is 2. The second kappa shape index (κ2) is 7.80. The summed E-state index contributed by atoms with van der Waals surface area (Å²) >= 11 is 0. The quantitative estimate of drug-likeness (QED) is 0.430. The van der Waals surface area contributed by atoms with Crippen LogP contribution >= 0.6 is 0 Å². The van der Waals surface area contributed by atoms with Crippen molar-refractivity contribution in [2.45, 2.75) is 20.4 Å². The van der Waals surface area contributed by atoms with Gasteiger partial charge in [0.25, 0.3) is 5.91 Å². The summed E-state index contributed by atoms with van der Waals surface area (Å²) in [5, 5.41) is 14.4. The van der Waals surface area contributed by atoms with Crippen LogP contribution in [-0.2, 0) is 6.54 Å². The minimum absolute atomic E-state index is 0.00548. The van der Waals surface area contributed by atoms with Crippen LogP contribution in [0.4, 0.5) is 5.69 Å². The number of aliphatic hydroxyl groups excluding tert-OH is 1. The molecule has 30 heavy (non-hydrogen) atoms. The Morgan fingerprint density at radius 1 is 1.13 bits per heavy atom. The van der Waals surface area contributed by atoms with E-state index in [9.17, 15) is 9.90 Å². The van der Waals surface area contributed by atoms with Gasteiger partial charge in [-0.1, -0.05) is 38.1 Å². The second-order valence-electron chi connectivity index (χ2n) is 8.43. The molecule has 2 aromatic heterocycles. The van der Waals surface area contributed by atoms with E-state index in [2.05, 4.69) is 10.3 Å². The number of fused-ring (bicyclic) bond motifs is 2. The molecule has 0 fully saturated rings. The van der Waals surface area contributed by atoms with Gasteiger partial charge in [-0.3, -0.25) is 9.78 Å². The first-order chi connectivity index (χ1) is 14.4. The molecule has 6 nitrogen and oxygen atoms in total. The Kier molecular flexibility index (Phi) is 5.18. The summed E-state index contributed by atoms with van der Waals surface area (Å²) in [5.41, 5.74) is 9.68. The van der Waals surface area contributed by atoms with E-state index >= 15 is 0 Å². The molecule has 2 aromatic carbocycles. The van der Waals surface area contributed by atoms with Crippen molar-refractivity contribution in [3.8, 4) is 0 Å². The summed E-state index contributed by atoms with van der Waals surface area (Å²) in [6.07, 6.45) is 1.78. The molecule has 0 saturated heterocycles. The van der Waals surface area contributed by atoms with Crippen LogP contribution in [0.2, 0.25) is 0 Å². The number of nitrogen functional groups attached to an aromatic ring is 1. The number of anilines is 1. The first-order valence-corrected chi connectivity index (χ1v) is 9.98. The lowest BCUT2D eigenvalue weighted by molar-refractivity contribution is 0.0903. The van der Waals surface area contributed by atoms with E-state index in [0.29, 0.717) is 24.5 Å². The third kappa shape index (κ3) is 3.86. The topological polar surface area (TPSA) is 93.2 Å². The molecule has 0 saturated carbocycles. The van der Waals surface area contributed by atoms with Gasteiger partial charge in [0, 0.05) is 46.7 Å². The molecule has 2 heterocycles. The van der Waals surface area contributed by atoms with Gasteiger partial charge in [-0.05, 0) is 35.9 Å². The zero-order valence-corrected chi connectivity index (χ0v) is 17.2. The molecule has 4 rings (SSSR count). The Balaban J connectivity index is 1.77. The lowest BCUT2D eigenvalue weighted by atomic mass is 9.95. The predicted molar refractivity (Wildman–Crippen MR) is 120 cm³/mol. The molecule has 4 aromatic rings. The molecular weight excluding hydrogens is 376 g/mol. The molecule has 4 N–H and O–H groups in total. The summed E-state index contributed by atoms with van der Waals surface area (Å²) in [7, 11) is 0. The van der Waals surface area contributed by atoms with E-state index < -0.39 is 5.41 Å². The van der Waals surface area contributed by atoms with Crippen molar-refractivity contribution in [1.29, 1.82) is 0 Å². The van der Waals surface area contributed by atoms with Gasteiger partial charge in [-0.2, -0.15) is 0 Å². The zero-order chi connectivity index (χ0) is 21.3. The first kappa shape index (κ1) is 19.9. The van der Waals surface area contributed by atoms with Gasteiger partial charge in [0.15, 0.2) is 0 Å². The molecule has 154 valence electrons. The number of amides is 1. The summed E-state index contributed by atoms with van der Waals surface area (Å²) in [6, 6.07) is 17.6. The lowest BCUT2D eigenvalue weighted by Crippen LogP contribution is -2.36. The lowest BCUT2D eigenvalue weighted by Gasteiger charge is -2.22. The molecule has 0 aliphatic rings. The standard InChI is InChI=1S/C24H26N4O2/c1-24(2,15-29)14-27-23(30)21-12-18-11-19(25)8-9-20(18)28(21)13-17-6-3-5-16-7-4-10-26-22(16)17/h3-12,29H,13-15,25H2,1-2H3,(H,27,30). The zero-order valence-electron chi connectivity index (χ0n) is 17.2. The number of hydrogen-bond acceptors (Lipinski definition) is 4. The number of nitrogens with two attached hydrogens (primary N) is 1. The largest absolute Gasteiger partial charge is 0.399 e. The Morgan fingerprint density at radius 3 is 2.73 bits per heavy atom. The first-order valence-electron chi connectivity index (χ1n) is 9.98. The van der Waals surface area contributed by atoms with Crippen molar-refractivity contribution in [1.82, 2.24) is 14.9 Å². The van der Waals surface area contributed by atoms with E-state index in [0.717, 1.165) is 27.4 Å². The highest BCUT2D eigenvalue weighted by molar-refractivity contribution is 5.99. The third-order valence-electron chi connectivity index (χ3n) is 5.36. The molecule has 6 heteroatoms. The molecule has 0 spiro atoms. The van der Waals surface area contributed by atoms with Crippen LogP contribution in [0.15, 0.2) is 60.8 Å². The second-order valence-corrected chi connectivity index (χ2v) is 8.43. The Bertz CT molecular complexity index is 1220. The van der Waals surface area contributed by atoms with Crippen molar-refractivity contribution in [2.75, 3.05) is 18.9 Å². The van der Waals surface area contributed by atoms with Crippen LogP contribution < -0.4 is 11.1 Å². The fourth-order valence-corrected chi connectivity index (χ4v) is 3.58. The fourth-order valence-electron chi connectivity index (χ4n) is 3.58. The van der Waals surface area contributed by atoms with E-state index in [-0.39, 0.29) is 12.5 Å². The number of carbonyl (C=O) groups excluding carboxylic acids is 1. The van der Waals surface area contributed by atoms with E-state index in [1.807, 2.05) is 73.0 Å². The van der Waals surface area contributed by atoms with Crippen molar-refractivity contribution in [3.63, 3.8) is 0 Å². The molecule has 0 aliphatic carbocycles. The van der Waals surface area contributed by atoms with Crippen LogP contribution in [0, 0.1) is 5.41 Å². The van der Waals surface area contributed by atoms with Crippen LogP contribution in [0.5, 0.6) is 0 Å². The van der Waals surface area contributed by atoms with Gasteiger partial charge in [0.2, 0.25) is 0 Å². The van der Waals surface area contributed by atoms with Gasteiger partial charge in [0.1, 0.15) is 5.69 Å².